The fourth-order valence-corrected chi connectivity index (χ4v) is 3.59. The second kappa shape index (κ2) is 10.0. The molecule has 1 aliphatic rings. The molecule has 1 aliphatic carbocycles. The van der Waals surface area contributed by atoms with Crippen LogP contribution in [0.3, 0.4) is 0 Å². The van der Waals surface area contributed by atoms with E-state index >= 15 is 0 Å². The highest BCUT2D eigenvalue weighted by molar-refractivity contribution is 5.89. The van der Waals surface area contributed by atoms with Crippen molar-refractivity contribution in [2.45, 2.75) is 31.2 Å². The summed E-state index contributed by atoms with van der Waals surface area (Å²) < 4.78 is 29.8. The van der Waals surface area contributed by atoms with Gasteiger partial charge in [0.05, 0.1) is 6.42 Å². The topological polar surface area (TPSA) is 105 Å². The number of carbonyl (C=O) groups is 3. The molecule has 31 heavy (non-hydrogen) atoms. The van der Waals surface area contributed by atoms with Gasteiger partial charge < -0.3 is 20.5 Å². The smallest absolute Gasteiger partial charge is 0.407 e. The molecule has 2 aromatic carbocycles. The summed E-state index contributed by atoms with van der Waals surface area (Å²) in [5, 5.41) is 13.4. The van der Waals surface area contributed by atoms with Gasteiger partial charge in [0.2, 0.25) is 12.3 Å². The Hall–Kier alpha value is -3.49. The zero-order valence-corrected chi connectivity index (χ0v) is 16.5. The Bertz CT molecular complexity index is 921. The third-order valence-corrected chi connectivity index (χ3v) is 4.99. The van der Waals surface area contributed by atoms with Gasteiger partial charge in [0.1, 0.15) is 12.6 Å². The Kier molecular flexibility index (Phi) is 7.17. The van der Waals surface area contributed by atoms with E-state index in [0.29, 0.717) is 0 Å². The van der Waals surface area contributed by atoms with Crippen LogP contribution in [-0.2, 0) is 14.3 Å². The monoisotopic (exact) mass is 432 g/mol. The van der Waals surface area contributed by atoms with E-state index in [1.165, 1.54) is 0 Å². The van der Waals surface area contributed by atoms with Crippen LogP contribution in [0, 0.1) is 0 Å². The van der Waals surface area contributed by atoms with Crippen LogP contribution in [0.5, 0.6) is 0 Å². The van der Waals surface area contributed by atoms with Gasteiger partial charge in [-0.15, -0.1) is 0 Å². The molecule has 3 N–H and O–H groups in total. The number of benzene rings is 2. The Morgan fingerprint density at radius 1 is 1.00 bits per heavy atom. The molecule has 9 heteroatoms. The van der Waals surface area contributed by atoms with E-state index in [2.05, 4.69) is 10.6 Å². The van der Waals surface area contributed by atoms with Gasteiger partial charge in [0, 0.05) is 18.9 Å². The van der Waals surface area contributed by atoms with Crippen molar-refractivity contribution in [2.24, 2.45) is 0 Å². The number of halogens is 2. The molecule has 0 spiro atoms. The van der Waals surface area contributed by atoms with Crippen molar-refractivity contribution in [3.63, 3.8) is 0 Å². The number of alkyl halides is 2. The summed E-state index contributed by atoms with van der Waals surface area (Å²) in [7, 11) is 0. The number of fused-ring (bicyclic) bond motifs is 3. The molecule has 1 unspecified atom stereocenters. The minimum absolute atomic E-state index is 0.00729. The van der Waals surface area contributed by atoms with Crippen molar-refractivity contribution >= 4 is 18.0 Å². The van der Waals surface area contributed by atoms with Gasteiger partial charge in [-0.2, -0.15) is 0 Å². The maximum Gasteiger partial charge on any atom is 0.407 e. The predicted molar refractivity (Wildman–Crippen MR) is 108 cm³/mol. The summed E-state index contributed by atoms with van der Waals surface area (Å²) in [6.07, 6.45) is -4.84. The highest BCUT2D eigenvalue weighted by atomic mass is 19.3. The molecule has 0 heterocycles. The zero-order valence-electron chi connectivity index (χ0n) is 16.5. The van der Waals surface area contributed by atoms with E-state index in [4.69, 9.17) is 9.84 Å². The number of amides is 2. The van der Waals surface area contributed by atoms with E-state index in [-0.39, 0.29) is 19.1 Å². The molecule has 7 nitrogen and oxygen atoms in total. The van der Waals surface area contributed by atoms with Gasteiger partial charge in [-0.3, -0.25) is 9.59 Å². The van der Waals surface area contributed by atoms with E-state index < -0.39 is 43.3 Å². The number of carbonyl (C=O) groups excluding carboxylic acids is 2. The maximum atomic E-state index is 12.3. The Morgan fingerprint density at radius 2 is 1.58 bits per heavy atom. The summed E-state index contributed by atoms with van der Waals surface area (Å²) >= 11 is 0. The number of nitrogens with one attached hydrogen (secondary N) is 2. The lowest BCUT2D eigenvalue weighted by atomic mass is 9.98. The van der Waals surface area contributed by atoms with Crippen LogP contribution >= 0.6 is 0 Å². The van der Waals surface area contributed by atoms with Crippen molar-refractivity contribution in [3.05, 3.63) is 59.7 Å². The first-order chi connectivity index (χ1) is 14.9. The van der Waals surface area contributed by atoms with Gasteiger partial charge in [-0.1, -0.05) is 48.5 Å². The molecule has 164 valence electrons. The van der Waals surface area contributed by atoms with E-state index in [9.17, 15) is 23.2 Å². The summed E-state index contributed by atoms with van der Waals surface area (Å²) in [6.45, 7) is -0.342. The van der Waals surface area contributed by atoms with Gasteiger partial charge >= 0.3 is 12.1 Å². The average molecular weight is 432 g/mol. The van der Waals surface area contributed by atoms with Crippen molar-refractivity contribution in [1.82, 2.24) is 10.6 Å². The number of aliphatic carboxylic acids is 1. The number of rotatable bonds is 9. The van der Waals surface area contributed by atoms with Crippen molar-refractivity contribution in [1.29, 1.82) is 0 Å². The van der Waals surface area contributed by atoms with Crippen LogP contribution in [-0.4, -0.2) is 48.7 Å². The normalized spacial score (nSPS) is 13.3. The molecular formula is C22H22F2N2O5. The maximum absolute atomic E-state index is 12.3. The van der Waals surface area contributed by atoms with Crippen LogP contribution in [0.4, 0.5) is 13.6 Å². The molecule has 0 saturated heterocycles. The second-order valence-corrected chi connectivity index (χ2v) is 7.09. The molecule has 0 aromatic heterocycles. The largest absolute Gasteiger partial charge is 0.481 e. The van der Waals surface area contributed by atoms with Crippen LogP contribution < -0.4 is 10.6 Å². The quantitative estimate of drug-likeness (QED) is 0.565. The molecule has 1 atom stereocenters. The Morgan fingerprint density at radius 3 is 2.13 bits per heavy atom. The average Bonchev–Trinajstić information content (AvgIpc) is 3.05. The van der Waals surface area contributed by atoms with Crippen LogP contribution in [0.2, 0.25) is 0 Å². The van der Waals surface area contributed by atoms with E-state index in [0.717, 1.165) is 22.3 Å². The van der Waals surface area contributed by atoms with Crippen molar-refractivity contribution < 1.29 is 33.0 Å². The van der Waals surface area contributed by atoms with Gasteiger partial charge in [-0.05, 0) is 22.3 Å². The van der Waals surface area contributed by atoms with Gasteiger partial charge in [-0.25, -0.2) is 13.6 Å². The third-order valence-electron chi connectivity index (χ3n) is 4.99. The fraction of sp³-hybridized carbons (Fsp3) is 0.318. The Balaban J connectivity index is 1.62. The van der Waals surface area contributed by atoms with Crippen LogP contribution in [0.25, 0.3) is 11.1 Å². The lowest BCUT2D eigenvalue weighted by Gasteiger charge is -2.18. The number of ether oxygens (including phenoxy) is 1. The number of carboxylic acids is 1. The minimum Gasteiger partial charge on any atom is -0.481 e. The van der Waals surface area contributed by atoms with Crippen molar-refractivity contribution in [2.75, 3.05) is 13.2 Å². The predicted octanol–water partition coefficient (Wildman–Crippen LogP) is 3.14. The summed E-state index contributed by atoms with van der Waals surface area (Å²) in [6, 6.07) is 14.1. The zero-order chi connectivity index (χ0) is 22.4. The van der Waals surface area contributed by atoms with Crippen LogP contribution in [0.1, 0.15) is 29.9 Å². The fourth-order valence-electron chi connectivity index (χ4n) is 3.59. The molecule has 0 bridgehead atoms. The number of hydrogen-bond donors (Lipinski definition) is 3. The molecular weight excluding hydrogens is 410 g/mol. The number of alkyl carbamates (subject to hydrolysis) is 1. The molecule has 0 radical (unpaired) electrons. The summed E-state index contributed by atoms with van der Waals surface area (Å²) in [4.78, 5) is 35.4. The second-order valence-electron chi connectivity index (χ2n) is 7.09. The molecule has 0 fully saturated rings. The highest BCUT2D eigenvalue weighted by Gasteiger charge is 2.30. The lowest BCUT2D eigenvalue weighted by Crippen LogP contribution is -2.48. The third kappa shape index (κ3) is 5.56. The molecule has 2 aromatic rings. The standard InChI is InChI=1S/C22H22F2N2O5/c23-19(24)9-10-25-21(29)18(11-20(27)28)26-22(30)31-12-17-15-7-3-1-5-13(15)14-6-2-4-8-16(14)17/h1-8,17-19H,9-12H2,(H,25,29)(H,26,30)(H,27,28). The molecule has 3 rings (SSSR count). The lowest BCUT2D eigenvalue weighted by molar-refractivity contribution is -0.139. The first-order valence-corrected chi connectivity index (χ1v) is 9.76. The van der Waals surface area contributed by atoms with Crippen molar-refractivity contribution in [3.8, 4) is 11.1 Å². The highest BCUT2D eigenvalue weighted by Crippen LogP contribution is 2.44. The van der Waals surface area contributed by atoms with E-state index in [1.54, 1.807) is 0 Å². The first kappa shape index (κ1) is 22.2. The summed E-state index contributed by atoms with van der Waals surface area (Å²) in [5.74, 6) is -2.39. The SMILES string of the molecule is O=C(O)CC(NC(=O)OCC1c2ccccc2-c2ccccc21)C(=O)NCCC(F)F. The first-order valence-electron chi connectivity index (χ1n) is 9.76. The molecule has 0 aliphatic heterocycles. The minimum atomic E-state index is -2.60. The van der Waals surface area contributed by atoms with E-state index in [1.807, 2.05) is 48.5 Å². The van der Waals surface area contributed by atoms with Crippen LogP contribution in [0.15, 0.2) is 48.5 Å². The Labute approximate surface area is 177 Å². The number of carboxylic acid groups (broad SMARTS) is 1. The number of hydrogen-bond acceptors (Lipinski definition) is 4. The van der Waals surface area contributed by atoms with Gasteiger partial charge in [0.25, 0.3) is 0 Å². The van der Waals surface area contributed by atoms with Gasteiger partial charge in [0.15, 0.2) is 0 Å². The summed E-state index contributed by atoms with van der Waals surface area (Å²) in [5.41, 5.74) is 4.11. The molecule has 0 saturated carbocycles. The molecule has 2 amide bonds.